The summed E-state index contributed by atoms with van der Waals surface area (Å²) in [6.45, 7) is 0. The normalized spacial score (nSPS) is 11.8. The van der Waals surface area contributed by atoms with Gasteiger partial charge in [-0.3, -0.25) is 4.68 Å². The van der Waals surface area contributed by atoms with Gasteiger partial charge in [0, 0.05) is 35.1 Å². The third-order valence-corrected chi connectivity index (χ3v) is 4.97. The highest BCUT2D eigenvalue weighted by Gasteiger charge is 2.34. The fraction of sp³-hybridized carbons (Fsp3) is 0.385. The van der Waals surface area contributed by atoms with Gasteiger partial charge in [-0.15, -0.1) is 23.2 Å². The highest BCUT2D eigenvalue weighted by Crippen LogP contribution is 2.35. The second-order valence-corrected chi connectivity index (χ2v) is 5.89. The van der Waals surface area contributed by atoms with Gasteiger partial charge in [-0.25, -0.2) is 4.98 Å². The number of rotatable bonds is 5. The summed E-state index contributed by atoms with van der Waals surface area (Å²) in [5, 5.41) is 4.09. The van der Waals surface area contributed by atoms with Crippen molar-refractivity contribution in [3.8, 4) is 0 Å². The van der Waals surface area contributed by atoms with E-state index >= 15 is 0 Å². The molecule has 19 heavy (non-hydrogen) atoms. The Morgan fingerprint density at radius 1 is 1.26 bits per heavy atom. The SMILES string of the molecule is Cn1ncnc1CC(CCl)(CCl)c1ccccc1Br. The van der Waals surface area contributed by atoms with Gasteiger partial charge in [0.15, 0.2) is 0 Å². The molecule has 6 heteroatoms. The first-order valence-corrected chi connectivity index (χ1v) is 7.69. The molecule has 0 bridgehead atoms. The molecule has 0 fully saturated rings. The predicted molar refractivity (Wildman–Crippen MR) is 82.0 cm³/mol. The van der Waals surface area contributed by atoms with Crippen LogP contribution >= 0.6 is 39.1 Å². The van der Waals surface area contributed by atoms with E-state index in [4.69, 9.17) is 23.2 Å². The molecule has 0 aliphatic heterocycles. The second kappa shape index (κ2) is 6.25. The molecule has 102 valence electrons. The highest BCUT2D eigenvalue weighted by molar-refractivity contribution is 9.10. The zero-order chi connectivity index (χ0) is 13.9. The summed E-state index contributed by atoms with van der Waals surface area (Å²) >= 11 is 16.1. The van der Waals surface area contributed by atoms with Crippen molar-refractivity contribution in [1.82, 2.24) is 14.8 Å². The molecule has 0 spiro atoms. The molecule has 0 unspecified atom stereocenters. The standard InChI is InChI=1S/C13H14BrCl2N3/c1-19-12(17-9-18-19)6-13(7-15,8-16)10-4-2-3-5-11(10)14/h2-5,9H,6-8H2,1H3. The fourth-order valence-electron chi connectivity index (χ4n) is 2.04. The number of hydrogen-bond donors (Lipinski definition) is 0. The van der Waals surface area contributed by atoms with E-state index in [0.717, 1.165) is 15.9 Å². The number of halogens is 3. The van der Waals surface area contributed by atoms with E-state index in [2.05, 4.69) is 26.0 Å². The lowest BCUT2D eigenvalue weighted by molar-refractivity contribution is 0.501. The van der Waals surface area contributed by atoms with Crippen LogP contribution in [0.15, 0.2) is 35.1 Å². The van der Waals surface area contributed by atoms with Gasteiger partial charge in [0.05, 0.1) is 0 Å². The van der Waals surface area contributed by atoms with Gasteiger partial charge in [0.2, 0.25) is 0 Å². The summed E-state index contributed by atoms with van der Waals surface area (Å²) < 4.78 is 2.77. The smallest absolute Gasteiger partial charge is 0.138 e. The monoisotopic (exact) mass is 361 g/mol. The van der Waals surface area contributed by atoms with E-state index in [1.54, 1.807) is 11.0 Å². The molecule has 0 radical (unpaired) electrons. The molecule has 0 aliphatic carbocycles. The zero-order valence-corrected chi connectivity index (χ0v) is 13.6. The maximum atomic E-state index is 6.24. The Morgan fingerprint density at radius 2 is 1.95 bits per heavy atom. The van der Waals surface area contributed by atoms with E-state index in [0.29, 0.717) is 18.2 Å². The van der Waals surface area contributed by atoms with Crippen LogP contribution in [0, 0.1) is 0 Å². The fourth-order valence-corrected chi connectivity index (χ4v) is 3.51. The lowest BCUT2D eigenvalue weighted by Gasteiger charge is -2.30. The summed E-state index contributed by atoms with van der Waals surface area (Å²) in [5.41, 5.74) is 0.743. The van der Waals surface area contributed by atoms with Crippen LogP contribution in [-0.4, -0.2) is 26.5 Å². The molecule has 2 aromatic rings. The molecular weight excluding hydrogens is 349 g/mol. The highest BCUT2D eigenvalue weighted by atomic mass is 79.9. The van der Waals surface area contributed by atoms with Crippen molar-refractivity contribution in [2.45, 2.75) is 11.8 Å². The van der Waals surface area contributed by atoms with Crippen LogP contribution in [0.4, 0.5) is 0 Å². The van der Waals surface area contributed by atoms with Gasteiger partial charge < -0.3 is 0 Å². The molecule has 0 N–H and O–H groups in total. The molecule has 1 aromatic carbocycles. The first-order chi connectivity index (χ1) is 9.13. The van der Waals surface area contributed by atoms with Gasteiger partial charge in [-0.2, -0.15) is 5.10 Å². The van der Waals surface area contributed by atoms with Gasteiger partial charge in [-0.05, 0) is 11.6 Å². The molecule has 0 saturated carbocycles. The Hall–Kier alpha value is -0.580. The van der Waals surface area contributed by atoms with Gasteiger partial charge in [-0.1, -0.05) is 34.1 Å². The van der Waals surface area contributed by atoms with E-state index < -0.39 is 0 Å². The average Bonchev–Trinajstić information content (AvgIpc) is 2.82. The maximum absolute atomic E-state index is 6.24. The van der Waals surface area contributed by atoms with E-state index in [1.165, 1.54) is 0 Å². The Balaban J connectivity index is 2.44. The summed E-state index contributed by atoms with van der Waals surface area (Å²) in [6.07, 6.45) is 2.20. The van der Waals surface area contributed by atoms with Crippen LogP contribution < -0.4 is 0 Å². The Kier molecular flexibility index (Phi) is 4.87. The molecule has 0 aliphatic rings. The topological polar surface area (TPSA) is 30.7 Å². The number of hydrogen-bond acceptors (Lipinski definition) is 2. The first-order valence-electron chi connectivity index (χ1n) is 5.83. The molecule has 3 nitrogen and oxygen atoms in total. The molecule has 2 rings (SSSR count). The Labute approximate surface area is 131 Å². The van der Waals surface area contributed by atoms with Gasteiger partial charge in [0.1, 0.15) is 12.2 Å². The second-order valence-electron chi connectivity index (χ2n) is 4.50. The molecular formula is C13H14BrCl2N3. The molecule has 0 saturated heterocycles. The van der Waals surface area contributed by atoms with Crippen LogP contribution in [0.5, 0.6) is 0 Å². The molecule has 1 heterocycles. The third-order valence-electron chi connectivity index (χ3n) is 3.26. The van der Waals surface area contributed by atoms with E-state index in [-0.39, 0.29) is 5.41 Å². The third kappa shape index (κ3) is 2.96. The van der Waals surface area contributed by atoms with Crippen LogP contribution in [0.2, 0.25) is 0 Å². The zero-order valence-electron chi connectivity index (χ0n) is 10.5. The van der Waals surface area contributed by atoms with Crippen LogP contribution in [0.3, 0.4) is 0 Å². The van der Waals surface area contributed by atoms with Crippen molar-refractivity contribution in [1.29, 1.82) is 0 Å². The Bertz CT molecular complexity index is 552. The van der Waals surface area contributed by atoms with E-state index in [9.17, 15) is 0 Å². The van der Waals surface area contributed by atoms with Crippen LogP contribution in [0.25, 0.3) is 0 Å². The minimum atomic E-state index is -0.357. The van der Waals surface area contributed by atoms with Crippen LogP contribution in [0.1, 0.15) is 11.4 Å². The summed E-state index contributed by atoms with van der Waals surface area (Å²) in [5.74, 6) is 1.72. The quantitative estimate of drug-likeness (QED) is 0.761. The summed E-state index contributed by atoms with van der Waals surface area (Å²) in [7, 11) is 1.87. The van der Waals surface area contributed by atoms with Gasteiger partial charge >= 0.3 is 0 Å². The summed E-state index contributed by atoms with van der Waals surface area (Å²) in [6, 6.07) is 8.01. The van der Waals surface area contributed by atoms with Crippen molar-refractivity contribution in [3.05, 3.63) is 46.5 Å². The average molecular weight is 363 g/mol. The number of benzene rings is 1. The lowest BCUT2D eigenvalue weighted by atomic mass is 9.81. The molecule has 0 atom stereocenters. The first kappa shape index (κ1) is 14.8. The van der Waals surface area contributed by atoms with Crippen LogP contribution in [-0.2, 0) is 18.9 Å². The van der Waals surface area contributed by atoms with Crippen molar-refractivity contribution in [2.75, 3.05) is 11.8 Å². The maximum Gasteiger partial charge on any atom is 0.138 e. The van der Waals surface area contributed by atoms with Crippen molar-refractivity contribution >= 4 is 39.1 Å². The van der Waals surface area contributed by atoms with Crippen molar-refractivity contribution in [2.24, 2.45) is 7.05 Å². The number of nitrogens with zero attached hydrogens (tertiary/aromatic N) is 3. The minimum absolute atomic E-state index is 0.357. The van der Waals surface area contributed by atoms with Crippen molar-refractivity contribution in [3.63, 3.8) is 0 Å². The Morgan fingerprint density at radius 3 is 2.47 bits per heavy atom. The van der Waals surface area contributed by atoms with E-state index in [1.807, 2.05) is 31.3 Å². The molecule has 1 aromatic heterocycles. The predicted octanol–water partition coefficient (Wildman–Crippen LogP) is 3.54. The summed E-state index contributed by atoms with van der Waals surface area (Å²) in [4.78, 5) is 4.27. The number of aromatic nitrogens is 3. The number of aryl methyl sites for hydroxylation is 1. The van der Waals surface area contributed by atoms with Gasteiger partial charge in [0.25, 0.3) is 0 Å². The minimum Gasteiger partial charge on any atom is -0.253 e. The lowest BCUT2D eigenvalue weighted by Crippen LogP contribution is -2.34. The van der Waals surface area contributed by atoms with Crippen molar-refractivity contribution < 1.29 is 0 Å². The molecule has 0 amide bonds. The largest absolute Gasteiger partial charge is 0.253 e. The number of alkyl halides is 2.